The summed E-state index contributed by atoms with van der Waals surface area (Å²) in [5.74, 6) is 0.873. The lowest BCUT2D eigenvalue weighted by atomic mass is 9.90. The Bertz CT molecular complexity index is 110. The van der Waals surface area contributed by atoms with Crippen LogP contribution < -0.4 is 0 Å². The maximum atomic E-state index is 9.75. The molecule has 0 aliphatic carbocycles. The van der Waals surface area contributed by atoms with Crippen molar-refractivity contribution in [1.82, 2.24) is 0 Å². The van der Waals surface area contributed by atoms with Gasteiger partial charge >= 0.3 is 0 Å². The van der Waals surface area contributed by atoms with Crippen molar-refractivity contribution in [3.63, 3.8) is 0 Å². The quantitative estimate of drug-likeness (QED) is 0.602. The van der Waals surface area contributed by atoms with Gasteiger partial charge in [-0.05, 0) is 18.3 Å². The number of hydrogen-bond acceptors (Lipinski definition) is 1. The SMILES string of the molecule is CCCCCCC(C)C(O)C(C)C. The van der Waals surface area contributed by atoms with Gasteiger partial charge in [-0.15, -0.1) is 0 Å². The number of hydrogen-bond donors (Lipinski definition) is 1. The highest BCUT2D eigenvalue weighted by Crippen LogP contribution is 2.18. The molecule has 0 radical (unpaired) electrons. The molecule has 0 aromatic carbocycles. The van der Waals surface area contributed by atoms with Crippen LogP contribution in [-0.2, 0) is 0 Å². The standard InChI is InChI=1S/C12H26O/c1-5-6-7-8-9-11(4)12(13)10(2)3/h10-13H,5-9H2,1-4H3. The largest absolute Gasteiger partial charge is 0.393 e. The summed E-state index contributed by atoms with van der Waals surface area (Å²) in [5, 5.41) is 9.75. The summed E-state index contributed by atoms with van der Waals surface area (Å²) in [7, 11) is 0. The average Bonchev–Trinajstić information content (AvgIpc) is 2.10. The average molecular weight is 186 g/mol. The Morgan fingerprint density at radius 2 is 1.62 bits per heavy atom. The summed E-state index contributed by atoms with van der Waals surface area (Å²) < 4.78 is 0. The lowest BCUT2D eigenvalue weighted by Crippen LogP contribution is -2.23. The van der Waals surface area contributed by atoms with Gasteiger partial charge in [0.15, 0.2) is 0 Å². The lowest BCUT2D eigenvalue weighted by molar-refractivity contribution is 0.0672. The Kier molecular flexibility index (Phi) is 7.35. The Balaban J connectivity index is 3.44. The minimum Gasteiger partial charge on any atom is -0.393 e. The number of aliphatic hydroxyl groups is 1. The fraction of sp³-hybridized carbons (Fsp3) is 1.00. The minimum atomic E-state index is -0.110. The molecule has 0 fully saturated rings. The number of aliphatic hydroxyl groups excluding tert-OH is 1. The van der Waals surface area contributed by atoms with E-state index in [0.717, 1.165) is 0 Å². The first-order valence-electron chi connectivity index (χ1n) is 5.77. The Labute approximate surface area is 83.5 Å². The molecule has 0 heterocycles. The van der Waals surface area contributed by atoms with E-state index >= 15 is 0 Å². The molecule has 0 saturated heterocycles. The molecule has 0 amide bonds. The second kappa shape index (κ2) is 7.37. The van der Waals surface area contributed by atoms with Gasteiger partial charge < -0.3 is 5.11 Å². The van der Waals surface area contributed by atoms with Gasteiger partial charge in [0.25, 0.3) is 0 Å². The summed E-state index contributed by atoms with van der Waals surface area (Å²) in [6.45, 7) is 8.57. The van der Waals surface area contributed by atoms with Crippen molar-refractivity contribution in [2.45, 2.75) is 65.9 Å². The van der Waals surface area contributed by atoms with E-state index in [9.17, 15) is 5.11 Å². The molecule has 0 spiro atoms. The molecular weight excluding hydrogens is 160 g/mol. The molecule has 2 atom stereocenters. The molecule has 1 heteroatoms. The van der Waals surface area contributed by atoms with E-state index < -0.39 is 0 Å². The van der Waals surface area contributed by atoms with Crippen LogP contribution in [-0.4, -0.2) is 11.2 Å². The minimum absolute atomic E-state index is 0.110. The predicted molar refractivity (Wildman–Crippen MR) is 58.8 cm³/mol. The van der Waals surface area contributed by atoms with Gasteiger partial charge in [-0.25, -0.2) is 0 Å². The van der Waals surface area contributed by atoms with Crippen molar-refractivity contribution in [3.05, 3.63) is 0 Å². The van der Waals surface area contributed by atoms with Crippen LogP contribution in [0.1, 0.15) is 59.8 Å². The second-order valence-electron chi connectivity index (χ2n) is 4.56. The van der Waals surface area contributed by atoms with Crippen LogP contribution in [0.3, 0.4) is 0 Å². The maximum Gasteiger partial charge on any atom is 0.0588 e. The highest BCUT2D eigenvalue weighted by molar-refractivity contribution is 4.67. The summed E-state index contributed by atoms with van der Waals surface area (Å²) >= 11 is 0. The zero-order chi connectivity index (χ0) is 10.3. The van der Waals surface area contributed by atoms with Gasteiger partial charge in [0.1, 0.15) is 0 Å². The molecule has 0 aliphatic rings. The molecule has 0 bridgehead atoms. The van der Waals surface area contributed by atoms with Gasteiger partial charge in [0, 0.05) is 0 Å². The first-order chi connectivity index (χ1) is 6.09. The van der Waals surface area contributed by atoms with E-state index in [1.807, 2.05) is 0 Å². The zero-order valence-electron chi connectivity index (χ0n) is 9.71. The topological polar surface area (TPSA) is 20.2 Å². The van der Waals surface area contributed by atoms with Gasteiger partial charge in [-0.3, -0.25) is 0 Å². The Morgan fingerprint density at radius 1 is 1.00 bits per heavy atom. The Morgan fingerprint density at radius 3 is 2.08 bits per heavy atom. The number of unbranched alkanes of at least 4 members (excludes halogenated alkanes) is 3. The fourth-order valence-electron chi connectivity index (χ4n) is 1.72. The van der Waals surface area contributed by atoms with Gasteiger partial charge in [0.05, 0.1) is 6.10 Å². The second-order valence-corrected chi connectivity index (χ2v) is 4.56. The van der Waals surface area contributed by atoms with Crippen molar-refractivity contribution >= 4 is 0 Å². The summed E-state index contributed by atoms with van der Waals surface area (Å²) in [5.41, 5.74) is 0. The van der Waals surface area contributed by atoms with Crippen LogP contribution in [0.5, 0.6) is 0 Å². The van der Waals surface area contributed by atoms with Crippen LogP contribution >= 0.6 is 0 Å². The molecule has 2 unspecified atom stereocenters. The molecule has 80 valence electrons. The Hall–Kier alpha value is -0.0400. The third-order valence-electron chi connectivity index (χ3n) is 2.78. The molecular formula is C12H26O. The van der Waals surface area contributed by atoms with E-state index in [1.54, 1.807) is 0 Å². The van der Waals surface area contributed by atoms with Crippen molar-refractivity contribution in [1.29, 1.82) is 0 Å². The lowest BCUT2D eigenvalue weighted by Gasteiger charge is -2.21. The molecule has 0 saturated carbocycles. The van der Waals surface area contributed by atoms with E-state index in [1.165, 1.54) is 32.1 Å². The maximum absolute atomic E-state index is 9.75. The summed E-state index contributed by atoms with van der Waals surface area (Å²) in [4.78, 5) is 0. The van der Waals surface area contributed by atoms with Gasteiger partial charge in [-0.1, -0.05) is 53.4 Å². The van der Waals surface area contributed by atoms with E-state index in [-0.39, 0.29) is 6.10 Å². The van der Waals surface area contributed by atoms with Crippen molar-refractivity contribution < 1.29 is 5.11 Å². The van der Waals surface area contributed by atoms with E-state index in [4.69, 9.17) is 0 Å². The molecule has 1 nitrogen and oxygen atoms in total. The third-order valence-corrected chi connectivity index (χ3v) is 2.78. The smallest absolute Gasteiger partial charge is 0.0588 e. The van der Waals surface area contributed by atoms with Crippen molar-refractivity contribution in [2.75, 3.05) is 0 Å². The van der Waals surface area contributed by atoms with Crippen molar-refractivity contribution in [3.8, 4) is 0 Å². The molecule has 0 aromatic rings. The first kappa shape index (κ1) is 13.0. The van der Waals surface area contributed by atoms with Crippen LogP contribution in [0.4, 0.5) is 0 Å². The molecule has 0 aromatic heterocycles. The third kappa shape index (κ3) is 6.09. The highest BCUT2D eigenvalue weighted by atomic mass is 16.3. The molecule has 0 aliphatic heterocycles. The van der Waals surface area contributed by atoms with Crippen LogP contribution in [0, 0.1) is 11.8 Å². The summed E-state index contributed by atoms with van der Waals surface area (Å²) in [6, 6.07) is 0. The van der Waals surface area contributed by atoms with E-state index in [0.29, 0.717) is 11.8 Å². The normalized spacial score (nSPS) is 16.2. The molecule has 0 rings (SSSR count). The van der Waals surface area contributed by atoms with E-state index in [2.05, 4.69) is 27.7 Å². The van der Waals surface area contributed by atoms with Crippen molar-refractivity contribution in [2.24, 2.45) is 11.8 Å². The predicted octanol–water partition coefficient (Wildman–Crippen LogP) is 3.61. The highest BCUT2D eigenvalue weighted by Gasteiger charge is 2.16. The van der Waals surface area contributed by atoms with Crippen LogP contribution in [0.15, 0.2) is 0 Å². The van der Waals surface area contributed by atoms with Gasteiger partial charge in [-0.2, -0.15) is 0 Å². The monoisotopic (exact) mass is 186 g/mol. The zero-order valence-corrected chi connectivity index (χ0v) is 9.71. The fourth-order valence-corrected chi connectivity index (χ4v) is 1.72. The number of rotatable bonds is 7. The van der Waals surface area contributed by atoms with Crippen LogP contribution in [0.25, 0.3) is 0 Å². The molecule has 1 N–H and O–H groups in total. The first-order valence-corrected chi connectivity index (χ1v) is 5.77. The summed E-state index contributed by atoms with van der Waals surface area (Å²) in [6.07, 6.45) is 6.30. The van der Waals surface area contributed by atoms with Crippen LogP contribution in [0.2, 0.25) is 0 Å². The molecule has 13 heavy (non-hydrogen) atoms. The van der Waals surface area contributed by atoms with Gasteiger partial charge in [0.2, 0.25) is 0 Å².